The summed E-state index contributed by atoms with van der Waals surface area (Å²) >= 11 is 0. The molecule has 16 heavy (non-hydrogen) atoms. The van der Waals surface area contributed by atoms with Crippen LogP contribution >= 0.6 is 0 Å². The second kappa shape index (κ2) is 4.63. The summed E-state index contributed by atoms with van der Waals surface area (Å²) in [7, 11) is 0. The van der Waals surface area contributed by atoms with Crippen LogP contribution in [0.5, 0.6) is 0 Å². The van der Waals surface area contributed by atoms with Crippen LogP contribution in [-0.2, 0) is 11.2 Å². The molecule has 2 rings (SSSR count). The number of hydrazine groups is 1. The van der Waals surface area contributed by atoms with Crippen molar-refractivity contribution >= 4 is 5.91 Å². The average Bonchev–Trinajstić information content (AvgIpc) is 2.83. The number of carbonyl (C=O) groups excluding carboxylic acids is 1. The van der Waals surface area contributed by atoms with E-state index in [1.54, 1.807) is 0 Å². The van der Waals surface area contributed by atoms with Gasteiger partial charge in [0.1, 0.15) is 0 Å². The van der Waals surface area contributed by atoms with Gasteiger partial charge in [-0.3, -0.25) is 10.2 Å². The molecule has 0 atom stereocenters. The molecule has 0 saturated heterocycles. The van der Waals surface area contributed by atoms with E-state index in [9.17, 15) is 4.79 Å². The van der Waals surface area contributed by atoms with Crippen LogP contribution in [0.3, 0.4) is 0 Å². The van der Waals surface area contributed by atoms with E-state index >= 15 is 0 Å². The van der Waals surface area contributed by atoms with Crippen molar-refractivity contribution in [3.63, 3.8) is 0 Å². The maximum absolute atomic E-state index is 11.1. The monoisotopic (exact) mass is 215 g/mol. The summed E-state index contributed by atoms with van der Waals surface area (Å²) in [5.41, 5.74) is 4.13. The number of benzene rings is 1. The lowest BCUT2D eigenvalue weighted by molar-refractivity contribution is -0.120. The Morgan fingerprint density at radius 2 is 1.81 bits per heavy atom. The number of hydrogen-bond donors (Lipinski definition) is 2. The lowest BCUT2D eigenvalue weighted by Crippen LogP contribution is -2.31. The summed E-state index contributed by atoms with van der Waals surface area (Å²) in [6.45, 7) is 0. The zero-order valence-electron chi connectivity index (χ0n) is 8.76. The summed E-state index contributed by atoms with van der Waals surface area (Å²) in [5.74, 6) is 4.84. The number of carbonyl (C=O) groups is 1. The fraction of sp³-hybridized carbons (Fsp3) is 0.0833. The average molecular weight is 215 g/mol. The number of hydrogen-bond acceptors (Lipinski definition) is 2. The van der Waals surface area contributed by atoms with Crippen LogP contribution in [0.2, 0.25) is 0 Å². The topological polar surface area (TPSA) is 60.0 Å². The first-order valence-corrected chi connectivity index (χ1v) is 5.01. The molecule has 0 aliphatic carbocycles. The van der Waals surface area contributed by atoms with Gasteiger partial charge in [-0.2, -0.15) is 0 Å². The molecule has 0 bridgehead atoms. The Labute approximate surface area is 93.7 Å². The van der Waals surface area contributed by atoms with Gasteiger partial charge in [0, 0.05) is 18.1 Å². The Morgan fingerprint density at radius 1 is 1.19 bits per heavy atom. The fourth-order valence-electron chi connectivity index (χ4n) is 1.53. The minimum absolute atomic E-state index is 0.186. The largest absolute Gasteiger partial charge is 0.324 e. The molecule has 0 fully saturated rings. The lowest BCUT2D eigenvalue weighted by Gasteiger charge is -2.04. The van der Waals surface area contributed by atoms with Crippen molar-refractivity contribution in [2.45, 2.75) is 6.42 Å². The molecule has 0 aliphatic rings. The molecule has 0 spiro atoms. The minimum Gasteiger partial charge on any atom is -0.324 e. The molecule has 4 heteroatoms. The Kier molecular flexibility index (Phi) is 3.03. The smallest absolute Gasteiger partial charge is 0.238 e. The Morgan fingerprint density at radius 3 is 2.38 bits per heavy atom. The molecule has 0 unspecified atom stereocenters. The molecule has 1 amide bonds. The zero-order chi connectivity index (χ0) is 11.4. The third-order valence-corrected chi connectivity index (χ3v) is 2.36. The highest BCUT2D eigenvalue weighted by molar-refractivity contribution is 5.77. The third-order valence-electron chi connectivity index (χ3n) is 2.36. The first-order chi connectivity index (χ1) is 7.79. The van der Waals surface area contributed by atoms with Gasteiger partial charge in [-0.1, -0.05) is 12.1 Å². The standard InChI is InChI=1S/C12H13N3O/c13-14-12(16)9-10-3-5-11(6-4-10)15-7-1-2-8-15/h1-8H,9,13H2,(H,14,16). The molecular formula is C12H13N3O. The molecule has 3 N–H and O–H groups in total. The van der Waals surface area contributed by atoms with E-state index in [-0.39, 0.29) is 5.91 Å². The highest BCUT2D eigenvalue weighted by Gasteiger charge is 2.01. The number of nitrogens with one attached hydrogen (secondary N) is 1. The summed E-state index contributed by atoms with van der Waals surface area (Å²) in [6, 6.07) is 11.7. The van der Waals surface area contributed by atoms with Gasteiger partial charge in [-0.15, -0.1) is 0 Å². The van der Waals surface area contributed by atoms with Crippen molar-refractivity contribution in [3.8, 4) is 5.69 Å². The van der Waals surface area contributed by atoms with Gasteiger partial charge < -0.3 is 4.57 Å². The highest BCUT2D eigenvalue weighted by Crippen LogP contribution is 2.10. The van der Waals surface area contributed by atoms with Crippen molar-refractivity contribution in [2.75, 3.05) is 0 Å². The van der Waals surface area contributed by atoms with Gasteiger partial charge in [0.25, 0.3) is 0 Å². The first kappa shape index (κ1) is 10.4. The fourth-order valence-corrected chi connectivity index (χ4v) is 1.53. The van der Waals surface area contributed by atoms with Crippen molar-refractivity contribution in [1.82, 2.24) is 9.99 Å². The summed E-state index contributed by atoms with van der Waals surface area (Å²) in [4.78, 5) is 11.1. The third kappa shape index (κ3) is 2.29. The van der Waals surface area contributed by atoms with Gasteiger partial charge in [-0.05, 0) is 29.8 Å². The Balaban J connectivity index is 2.14. The number of amides is 1. The minimum atomic E-state index is -0.186. The van der Waals surface area contributed by atoms with Crippen LogP contribution in [0, 0.1) is 0 Å². The van der Waals surface area contributed by atoms with Gasteiger partial charge in [0.15, 0.2) is 0 Å². The molecule has 1 heterocycles. The second-order valence-corrected chi connectivity index (χ2v) is 3.50. The molecule has 0 saturated carbocycles. The normalized spacial score (nSPS) is 10.1. The molecule has 0 aliphatic heterocycles. The molecule has 0 radical (unpaired) electrons. The van der Waals surface area contributed by atoms with Crippen LogP contribution in [0.15, 0.2) is 48.8 Å². The maximum Gasteiger partial charge on any atom is 0.238 e. The summed E-state index contributed by atoms with van der Waals surface area (Å²) < 4.78 is 2.01. The highest BCUT2D eigenvalue weighted by atomic mass is 16.2. The SMILES string of the molecule is NNC(=O)Cc1ccc(-n2cccc2)cc1. The maximum atomic E-state index is 11.1. The second-order valence-electron chi connectivity index (χ2n) is 3.50. The van der Waals surface area contributed by atoms with Crippen molar-refractivity contribution in [1.29, 1.82) is 0 Å². The van der Waals surface area contributed by atoms with Crippen LogP contribution in [0.1, 0.15) is 5.56 Å². The number of aromatic nitrogens is 1. The number of nitrogens with zero attached hydrogens (tertiary/aromatic N) is 1. The predicted octanol–water partition coefficient (Wildman–Crippen LogP) is 1.01. The van der Waals surface area contributed by atoms with E-state index in [1.807, 2.05) is 53.4 Å². The van der Waals surface area contributed by atoms with Crippen LogP contribution in [0.4, 0.5) is 0 Å². The van der Waals surface area contributed by atoms with Gasteiger partial charge in [0.2, 0.25) is 5.91 Å². The summed E-state index contributed by atoms with van der Waals surface area (Å²) in [6.07, 6.45) is 4.26. The van der Waals surface area contributed by atoms with E-state index in [1.165, 1.54) is 0 Å². The molecule has 4 nitrogen and oxygen atoms in total. The molecule has 1 aromatic heterocycles. The molecular weight excluding hydrogens is 202 g/mol. The van der Waals surface area contributed by atoms with Crippen molar-refractivity contribution in [3.05, 3.63) is 54.4 Å². The number of nitrogens with two attached hydrogens (primary N) is 1. The summed E-state index contributed by atoms with van der Waals surface area (Å²) in [5, 5.41) is 0. The van der Waals surface area contributed by atoms with E-state index in [0.29, 0.717) is 6.42 Å². The Hall–Kier alpha value is -2.07. The van der Waals surface area contributed by atoms with Gasteiger partial charge >= 0.3 is 0 Å². The van der Waals surface area contributed by atoms with Gasteiger partial charge in [-0.25, -0.2) is 5.84 Å². The van der Waals surface area contributed by atoms with Crippen molar-refractivity contribution < 1.29 is 4.79 Å². The van der Waals surface area contributed by atoms with E-state index in [0.717, 1.165) is 11.3 Å². The van der Waals surface area contributed by atoms with E-state index in [2.05, 4.69) is 5.43 Å². The number of rotatable bonds is 3. The molecule has 1 aromatic carbocycles. The predicted molar refractivity (Wildman–Crippen MR) is 61.8 cm³/mol. The molecule has 82 valence electrons. The quantitative estimate of drug-likeness (QED) is 0.456. The molecule has 2 aromatic rings. The van der Waals surface area contributed by atoms with E-state index < -0.39 is 0 Å². The van der Waals surface area contributed by atoms with Crippen LogP contribution in [-0.4, -0.2) is 10.5 Å². The van der Waals surface area contributed by atoms with E-state index in [4.69, 9.17) is 5.84 Å². The first-order valence-electron chi connectivity index (χ1n) is 5.01. The van der Waals surface area contributed by atoms with Gasteiger partial charge in [0.05, 0.1) is 6.42 Å². The van der Waals surface area contributed by atoms with Crippen LogP contribution < -0.4 is 11.3 Å². The Bertz CT molecular complexity index is 460. The lowest BCUT2D eigenvalue weighted by atomic mass is 10.1. The van der Waals surface area contributed by atoms with Crippen LogP contribution in [0.25, 0.3) is 5.69 Å². The zero-order valence-corrected chi connectivity index (χ0v) is 8.76. The van der Waals surface area contributed by atoms with Crippen molar-refractivity contribution in [2.24, 2.45) is 5.84 Å².